The molecular weight excluding hydrogens is 418 g/mol. The second kappa shape index (κ2) is 9.82. The number of aromatic amines is 1. The van der Waals surface area contributed by atoms with E-state index in [1.54, 1.807) is 37.6 Å². The number of methoxy groups -OCH3 is 2. The number of imidazole rings is 1. The Morgan fingerprint density at radius 3 is 2.39 bits per heavy atom. The zero-order chi connectivity index (χ0) is 23.2. The van der Waals surface area contributed by atoms with Crippen molar-refractivity contribution in [2.75, 3.05) is 14.2 Å². The zero-order valence-electron chi connectivity index (χ0n) is 18.3. The third-order valence-electron chi connectivity index (χ3n) is 5.18. The first-order valence-corrected chi connectivity index (χ1v) is 10.3. The number of ether oxygens (including phenoxy) is 2. The second-order valence-corrected chi connectivity index (χ2v) is 7.33. The lowest BCUT2D eigenvalue weighted by Gasteiger charge is -2.07. The highest BCUT2D eigenvalue weighted by molar-refractivity contribution is 5.96. The molecule has 2 N–H and O–H groups in total. The molecule has 0 fully saturated rings. The standard InChI is InChI=1S/C26H23N3O4/c1-32-22-8-4-6-20(14-22)23-16-27-24(29-23)21-7-3-5-17(13-21)15-28-25(30)18-9-11-19(12-10-18)26(31)33-2/h3-14,16H,15H2,1-2H3,(H,27,29)(H,28,30). The van der Waals surface area contributed by atoms with Gasteiger partial charge in [-0.25, -0.2) is 9.78 Å². The number of nitrogens with zero attached hydrogens (tertiary/aromatic N) is 1. The summed E-state index contributed by atoms with van der Waals surface area (Å²) >= 11 is 0. The van der Waals surface area contributed by atoms with Gasteiger partial charge < -0.3 is 19.8 Å². The number of carbonyl (C=O) groups is 2. The first-order chi connectivity index (χ1) is 16.1. The van der Waals surface area contributed by atoms with Crippen LogP contribution in [0.2, 0.25) is 0 Å². The number of H-pyrrole nitrogens is 1. The summed E-state index contributed by atoms with van der Waals surface area (Å²) in [6.45, 7) is 0.356. The van der Waals surface area contributed by atoms with E-state index in [1.165, 1.54) is 7.11 Å². The Labute approximate surface area is 191 Å². The van der Waals surface area contributed by atoms with E-state index >= 15 is 0 Å². The molecule has 0 unspecified atom stereocenters. The molecule has 0 atom stereocenters. The molecule has 33 heavy (non-hydrogen) atoms. The number of aromatic nitrogens is 2. The number of benzene rings is 3. The van der Waals surface area contributed by atoms with Crippen LogP contribution in [-0.2, 0) is 11.3 Å². The lowest BCUT2D eigenvalue weighted by molar-refractivity contribution is 0.0600. The Morgan fingerprint density at radius 1 is 0.909 bits per heavy atom. The summed E-state index contributed by atoms with van der Waals surface area (Å²) in [6, 6.07) is 21.9. The van der Waals surface area contributed by atoms with Gasteiger partial charge in [-0.15, -0.1) is 0 Å². The Balaban J connectivity index is 1.43. The molecule has 0 radical (unpaired) electrons. The molecule has 0 spiro atoms. The van der Waals surface area contributed by atoms with Gasteiger partial charge in [-0.1, -0.05) is 30.3 Å². The number of hydrogen-bond acceptors (Lipinski definition) is 5. The molecule has 0 aliphatic rings. The number of amides is 1. The van der Waals surface area contributed by atoms with Gasteiger partial charge in [-0.05, 0) is 48.0 Å². The predicted octanol–water partition coefficient (Wildman–Crippen LogP) is 4.47. The molecule has 1 heterocycles. The fraction of sp³-hybridized carbons (Fsp3) is 0.115. The third-order valence-corrected chi connectivity index (χ3v) is 5.18. The molecule has 1 amide bonds. The van der Waals surface area contributed by atoms with Crippen molar-refractivity contribution >= 4 is 11.9 Å². The van der Waals surface area contributed by atoms with E-state index in [2.05, 4.69) is 20.0 Å². The Morgan fingerprint density at radius 2 is 1.64 bits per heavy atom. The molecule has 0 saturated carbocycles. The van der Waals surface area contributed by atoms with Crippen LogP contribution in [0.25, 0.3) is 22.6 Å². The van der Waals surface area contributed by atoms with E-state index in [4.69, 9.17) is 4.74 Å². The summed E-state index contributed by atoms with van der Waals surface area (Å²) in [6.07, 6.45) is 1.79. The monoisotopic (exact) mass is 441 g/mol. The van der Waals surface area contributed by atoms with Crippen molar-refractivity contribution < 1.29 is 19.1 Å². The summed E-state index contributed by atoms with van der Waals surface area (Å²) in [5.41, 5.74) is 4.58. The average Bonchev–Trinajstić information content (AvgIpc) is 3.37. The number of carbonyl (C=O) groups excluding carboxylic acids is 2. The minimum Gasteiger partial charge on any atom is -0.497 e. The fourth-order valence-electron chi connectivity index (χ4n) is 3.39. The van der Waals surface area contributed by atoms with Gasteiger partial charge in [0.25, 0.3) is 5.91 Å². The number of nitrogens with one attached hydrogen (secondary N) is 2. The summed E-state index contributed by atoms with van der Waals surface area (Å²) in [5.74, 6) is 0.849. The fourth-order valence-corrected chi connectivity index (χ4v) is 3.39. The van der Waals surface area contributed by atoms with E-state index < -0.39 is 5.97 Å². The minimum atomic E-state index is -0.439. The second-order valence-electron chi connectivity index (χ2n) is 7.33. The Hall–Kier alpha value is -4.39. The van der Waals surface area contributed by atoms with Gasteiger partial charge in [-0.3, -0.25) is 4.79 Å². The van der Waals surface area contributed by atoms with Crippen LogP contribution in [0.3, 0.4) is 0 Å². The summed E-state index contributed by atoms with van der Waals surface area (Å²) in [7, 11) is 2.96. The number of rotatable bonds is 7. The van der Waals surface area contributed by atoms with E-state index in [0.717, 1.165) is 34.0 Å². The van der Waals surface area contributed by atoms with Gasteiger partial charge in [0.05, 0.1) is 31.7 Å². The van der Waals surface area contributed by atoms with Crippen LogP contribution in [-0.4, -0.2) is 36.1 Å². The number of esters is 1. The van der Waals surface area contributed by atoms with Gasteiger partial charge >= 0.3 is 5.97 Å². The molecule has 7 nitrogen and oxygen atoms in total. The molecule has 0 aliphatic heterocycles. The van der Waals surface area contributed by atoms with Gasteiger partial charge in [0.15, 0.2) is 0 Å². The Bertz CT molecular complexity index is 1280. The van der Waals surface area contributed by atoms with Gasteiger partial charge in [0.2, 0.25) is 0 Å². The molecule has 3 aromatic carbocycles. The molecule has 0 aliphatic carbocycles. The molecule has 0 saturated heterocycles. The Kier molecular flexibility index (Phi) is 6.50. The van der Waals surface area contributed by atoms with E-state index in [-0.39, 0.29) is 5.91 Å². The maximum Gasteiger partial charge on any atom is 0.337 e. The predicted molar refractivity (Wildman–Crippen MR) is 125 cm³/mol. The molecular formula is C26H23N3O4. The summed E-state index contributed by atoms with van der Waals surface area (Å²) < 4.78 is 9.97. The SMILES string of the molecule is COC(=O)c1ccc(C(=O)NCc2cccc(-c3ncc(-c4cccc(OC)c4)[nH]3)c2)cc1. The summed E-state index contributed by atoms with van der Waals surface area (Å²) in [4.78, 5) is 31.9. The van der Waals surface area contributed by atoms with Crippen molar-refractivity contribution in [2.45, 2.75) is 6.54 Å². The van der Waals surface area contributed by atoms with Crippen LogP contribution in [0.4, 0.5) is 0 Å². The zero-order valence-corrected chi connectivity index (χ0v) is 18.3. The highest BCUT2D eigenvalue weighted by Gasteiger charge is 2.10. The molecule has 4 rings (SSSR count). The smallest absolute Gasteiger partial charge is 0.337 e. The topological polar surface area (TPSA) is 93.3 Å². The number of hydrogen-bond donors (Lipinski definition) is 2. The normalized spacial score (nSPS) is 10.5. The minimum absolute atomic E-state index is 0.227. The van der Waals surface area contributed by atoms with Gasteiger partial charge in [0, 0.05) is 23.2 Å². The van der Waals surface area contributed by atoms with Crippen LogP contribution in [0, 0.1) is 0 Å². The van der Waals surface area contributed by atoms with Crippen LogP contribution >= 0.6 is 0 Å². The lowest BCUT2D eigenvalue weighted by Crippen LogP contribution is -2.22. The van der Waals surface area contributed by atoms with Crippen molar-refractivity contribution in [3.05, 3.63) is 95.7 Å². The first kappa shape index (κ1) is 21.8. The van der Waals surface area contributed by atoms with Crippen molar-refractivity contribution in [1.29, 1.82) is 0 Å². The van der Waals surface area contributed by atoms with Crippen LogP contribution in [0.15, 0.2) is 79.0 Å². The van der Waals surface area contributed by atoms with Gasteiger partial charge in [0.1, 0.15) is 11.6 Å². The van der Waals surface area contributed by atoms with E-state index in [1.807, 2.05) is 48.5 Å². The van der Waals surface area contributed by atoms with Crippen LogP contribution < -0.4 is 10.1 Å². The highest BCUT2D eigenvalue weighted by atomic mass is 16.5. The van der Waals surface area contributed by atoms with E-state index in [0.29, 0.717) is 17.7 Å². The molecule has 166 valence electrons. The lowest BCUT2D eigenvalue weighted by atomic mass is 10.1. The molecule has 0 bridgehead atoms. The van der Waals surface area contributed by atoms with Crippen molar-refractivity contribution in [3.63, 3.8) is 0 Å². The van der Waals surface area contributed by atoms with Gasteiger partial charge in [-0.2, -0.15) is 0 Å². The molecule has 4 aromatic rings. The third kappa shape index (κ3) is 5.10. The van der Waals surface area contributed by atoms with Crippen molar-refractivity contribution in [3.8, 4) is 28.4 Å². The van der Waals surface area contributed by atoms with E-state index in [9.17, 15) is 9.59 Å². The highest BCUT2D eigenvalue weighted by Crippen LogP contribution is 2.25. The summed E-state index contributed by atoms with van der Waals surface area (Å²) in [5, 5.41) is 2.90. The van der Waals surface area contributed by atoms with Crippen LogP contribution in [0.5, 0.6) is 5.75 Å². The maximum atomic E-state index is 12.5. The maximum absolute atomic E-state index is 12.5. The quantitative estimate of drug-likeness (QED) is 0.413. The largest absolute Gasteiger partial charge is 0.497 e. The van der Waals surface area contributed by atoms with Crippen molar-refractivity contribution in [1.82, 2.24) is 15.3 Å². The first-order valence-electron chi connectivity index (χ1n) is 10.3. The van der Waals surface area contributed by atoms with Crippen LogP contribution in [0.1, 0.15) is 26.3 Å². The van der Waals surface area contributed by atoms with Crippen molar-refractivity contribution in [2.24, 2.45) is 0 Å². The molecule has 7 heteroatoms. The molecule has 1 aromatic heterocycles. The average molecular weight is 441 g/mol.